The van der Waals surface area contributed by atoms with E-state index in [1.807, 2.05) is 12.1 Å². The average molecular weight is 239 g/mol. The number of nitrogens with zero attached hydrogens (tertiary/aromatic N) is 2. The van der Waals surface area contributed by atoms with Gasteiger partial charge >= 0.3 is 0 Å². The number of rotatable bonds is 0. The fraction of sp³-hybridized carbons (Fsp3) is 0. The monoisotopic (exact) mass is 238 g/mol. The van der Waals surface area contributed by atoms with E-state index in [2.05, 4.69) is 10.2 Å². The van der Waals surface area contributed by atoms with Crippen LogP contribution in [0.25, 0.3) is 22.1 Å². The molecule has 3 nitrogen and oxygen atoms in total. The topological polar surface area (TPSA) is 38.9 Å². The summed E-state index contributed by atoms with van der Waals surface area (Å²) in [6.07, 6.45) is 0. The van der Waals surface area contributed by atoms with Crippen molar-refractivity contribution in [3.63, 3.8) is 0 Å². The lowest BCUT2D eigenvalue weighted by Gasteiger charge is -1.90. The van der Waals surface area contributed by atoms with Crippen LogP contribution in [0.1, 0.15) is 0 Å². The number of hydrogen-bond donors (Lipinski definition) is 0. The van der Waals surface area contributed by atoms with Crippen molar-refractivity contribution in [1.29, 1.82) is 0 Å². The Morgan fingerprint density at radius 1 is 1.07 bits per heavy atom. The fourth-order valence-electron chi connectivity index (χ4n) is 1.54. The van der Waals surface area contributed by atoms with Gasteiger partial charge in [0.15, 0.2) is 10.7 Å². The second kappa shape index (κ2) is 3.08. The highest BCUT2D eigenvalue weighted by molar-refractivity contribution is 6.37. The molecule has 0 fully saturated rings. The molecule has 3 aromatic rings. The Hall–Kier alpha value is -1.32. The van der Waals surface area contributed by atoms with Gasteiger partial charge in [-0.15, -0.1) is 10.2 Å². The summed E-state index contributed by atoms with van der Waals surface area (Å²) in [5.74, 6) is 0. The van der Waals surface area contributed by atoms with Crippen LogP contribution in [0.5, 0.6) is 0 Å². The van der Waals surface area contributed by atoms with Crippen LogP contribution in [0.4, 0.5) is 0 Å². The highest BCUT2D eigenvalue weighted by Gasteiger charge is 2.11. The highest BCUT2D eigenvalue weighted by atomic mass is 35.5. The molecule has 0 saturated heterocycles. The second-order valence-corrected chi connectivity index (χ2v) is 3.89. The number of halogens is 2. The van der Waals surface area contributed by atoms with Gasteiger partial charge < -0.3 is 4.42 Å². The van der Waals surface area contributed by atoms with E-state index in [0.717, 1.165) is 5.39 Å². The van der Waals surface area contributed by atoms with Gasteiger partial charge in [-0.1, -0.05) is 29.3 Å². The SMILES string of the molecule is Clc1cc2oc3cccc(Cl)c3c2nn1. The summed E-state index contributed by atoms with van der Waals surface area (Å²) in [4.78, 5) is 0. The van der Waals surface area contributed by atoms with E-state index < -0.39 is 0 Å². The molecule has 5 heteroatoms. The van der Waals surface area contributed by atoms with Crippen molar-refractivity contribution < 1.29 is 4.42 Å². The maximum atomic E-state index is 6.06. The van der Waals surface area contributed by atoms with E-state index in [-0.39, 0.29) is 0 Å². The fourth-order valence-corrected chi connectivity index (χ4v) is 1.93. The standard InChI is InChI=1S/C10H4Cl2N2O/c11-5-2-1-3-6-9(5)10-7(15-6)4-8(12)13-14-10/h1-4H. The molecule has 2 heterocycles. The Balaban J connectivity index is 2.59. The van der Waals surface area contributed by atoms with Crippen molar-refractivity contribution in [3.8, 4) is 0 Å². The summed E-state index contributed by atoms with van der Waals surface area (Å²) in [6, 6.07) is 7.06. The third-order valence-corrected chi connectivity index (χ3v) is 2.66. The molecule has 0 unspecified atom stereocenters. The lowest BCUT2D eigenvalue weighted by Crippen LogP contribution is -1.81. The van der Waals surface area contributed by atoms with Gasteiger partial charge in [0.2, 0.25) is 0 Å². The van der Waals surface area contributed by atoms with E-state index in [1.165, 1.54) is 0 Å². The Kier molecular flexibility index (Phi) is 1.84. The second-order valence-electron chi connectivity index (χ2n) is 3.09. The zero-order valence-electron chi connectivity index (χ0n) is 7.37. The van der Waals surface area contributed by atoms with Crippen LogP contribution >= 0.6 is 23.2 Å². The van der Waals surface area contributed by atoms with Crippen molar-refractivity contribution in [1.82, 2.24) is 10.2 Å². The highest BCUT2D eigenvalue weighted by Crippen LogP contribution is 2.32. The minimum absolute atomic E-state index is 0.303. The Bertz CT molecular complexity index is 663. The quantitative estimate of drug-likeness (QED) is 0.600. The molecule has 2 aromatic heterocycles. The maximum absolute atomic E-state index is 6.06. The molecular weight excluding hydrogens is 235 g/mol. The van der Waals surface area contributed by atoms with Crippen molar-refractivity contribution in [3.05, 3.63) is 34.4 Å². The lowest BCUT2D eigenvalue weighted by molar-refractivity contribution is 0.667. The van der Waals surface area contributed by atoms with Crippen LogP contribution in [0.2, 0.25) is 10.2 Å². The van der Waals surface area contributed by atoms with Crippen LogP contribution in [-0.4, -0.2) is 10.2 Å². The van der Waals surface area contributed by atoms with Gasteiger partial charge in [0, 0.05) is 6.07 Å². The average Bonchev–Trinajstić information content (AvgIpc) is 2.56. The molecule has 3 rings (SSSR count). The smallest absolute Gasteiger partial charge is 0.158 e. The minimum Gasteiger partial charge on any atom is -0.454 e. The molecule has 0 N–H and O–H groups in total. The van der Waals surface area contributed by atoms with E-state index in [9.17, 15) is 0 Å². The molecule has 1 aromatic carbocycles. The Morgan fingerprint density at radius 3 is 2.80 bits per heavy atom. The Labute approximate surface area is 94.6 Å². The van der Waals surface area contributed by atoms with Gasteiger partial charge in [-0.3, -0.25) is 0 Å². The van der Waals surface area contributed by atoms with E-state index >= 15 is 0 Å². The lowest BCUT2D eigenvalue weighted by atomic mass is 10.2. The molecule has 0 spiro atoms. The summed E-state index contributed by atoms with van der Waals surface area (Å²) < 4.78 is 5.54. The van der Waals surface area contributed by atoms with Crippen molar-refractivity contribution in [2.75, 3.05) is 0 Å². The Morgan fingerprint density at radius 2 is 1.93 bits per heavy atom. The first-order chi connectivity index (χ1) is 7.25. The van der Waals surface area contributed by atoms with Crippen molar-refractivity contribution >= 4 is 45.3 Å². The van der Waals surface area contributed by atoms with Crippen molar-refractivity contribution in [2.24, 2.45) is 0 Å². The van der Waals surface area contributed by atoms with E-state index in [0.29, 0.717) is 26.9 Å². The van der Waals surface area contributed by atoms with E-state index in [4.69, 9.17) is 27.6 Å². The molecule has 0 amide bonds. The van der Waals surface area contributed by atoms with Gasteiger partial charge in [0.05, 0.1) is 10.4 Å². The van der Waals surface area contributed by atoms with Gasteiger partial charge in [0.1, 0.15) is 11.1 Å². The number of benzene rings is 1. The summed E-state index contributed by atoms with van der Waals surface area (Å²) in [5.41, 5.74) is 1.92. The molecule has 0 radical (unpaired) electrons. The zero-order valence-corrected chi connectivity index (χ0v) is 8.88. The zero-order chi connectivity index (χ0) is 10.4. The summed E-state index contributed by atoms with van der Waals surface area (Å²) in [6.45, 7) is 0. The third-order valence-electron chi connectivity index (χ3n) is 2.16. The molecule has 0 aliphatic carbocycles. The molecule has 0 aliphatic heterocycles. The first-order valence-electron chi connectivity index (χ1n) is 4.25. The first kappa shape index (κ1) is 8.95. The van der Waals surface area contributed by atoms with Crippen LogP contribution < -0.4 is 0 Å². The van der Waals surface area contributed by atoms with Gasteiger partial charge in [0.25, 0.3) is 0 Å². The molecule has 0 bridgehead atoms. The first-order valence-corrected chi connectivity index (χ1v) is 5.01. The minimum atomic E-state index is 0.303. The molecule has 74 valence electrons. The summed E-state index contributed by atoms with van der Waals surface area (Å²) >= 11 is 11.8. The number of hydrogen-bond acceptors (Lipinski definition) is 3. The molecule has 0 saturated carbocycles. The van der Waals surface area contributed by atoms with Gasteiger partial charge in [-0.25, -0.2) is 0 Å². The van der Waals surface area contributed by atoms with Crippen LogP contribution in [-0.2, 0) is 0 Å². The molecule has 0 atom stereocenters. The molecule has 0 aliphatic rings. The molecular formula is C10H4Cl2N2O. The summed E-state index contributed by atoms with van der Waals surface area (Å²) in [5, 5.41) is 9.42. The normalized spacial score (nSPS) is 11.3. The van der Waals surface area contributed by atoms with Crippen LogP contribution in [0.3, 0.4) is 0 Å². The van der Waals surface area contributed by atoms with E-state index in [1.54, 1.807) is 12.1 Å². The largest absolute Gasteiger partial charge is 0.454 e. The predicted octanol–water partition coefficient (Wildman–Crippen LogP) is 3.68. The van der Waals surface area contributed by atoms with Crippen LogP contribution in [0, 0.1) is 0 Å². The summed E-state index contributed by atoms with van der Waals surface area (Å²) in [7, 11) is 0. The number of aromatic nitrogens is 2. The number of fused-ring (bicyclic) bond motifs is 3. The third kappa shape index (κ3) is 1.28. The van der Waals surface area contributed by atoms with Crippen LogP contribution in [0.15, 0.2) is 28.7 Å². The van der Waals surface area contributed by atoms with Crippen molar-refractivity contribution in [2.45, 2.75) is 0 Å². The van der Waals surface area contributed by atoms with Gasteiger partial charge in [-0.05, 0) is 12.1 Å². The predicted molar refractivity (Wildman–Crippen MR) is 59.3 cm³/mol. The molecule has 15 heavy (non-hydrogen) atoms. The van der Waals surface area contributed by atoms with Gasteiger partial charge in [-0.2, -0.15) is 0 Å². The maximum Gasteiger partial charge on any atom is 0.158 e. The number of furan rings is 1.